The van der Waals surface area contributed by atoms with Crippen molar-refractivity contribution in [2.45, 2.75) is 19.8 Å². The number of aryl methyl sites for hydroxylation is 1. The molecule has 0 saturated carbocycles. The van der Waals surface area contributed by atoms with Crippen LogP contribution < -0.4 is 11.1 Å². The van der Waals surface area contributed by atoms with Crippen LogP contribution in [0.15, 0.2) is 18.2 Å². The molecule has 4 heteroatoms. The molecule has 1 aliphatic rings. The lowest BCUT2D eigenvalue weighted by atomic mass is 10.0. The normalized spacial score (nSPS) is 17.1. The molecule has 3 N–H and O–H groups in total. The van der Waals surface area contributed by atoms with Gasteiger partial charge in [-0.05, 0) is 38.1 Å². The van der Waals surface area contributed by atoms with Crippen molar-refractivity contribution in [3.05, 3.63) is 29.3 Å². The van der Waals surface area contributed by atoms with Crippen LogP contribution in [0, 0.1) is 6.92 Å². The van der Waals surface area contributed by atoms with Crippen LogP contribution in [0.25, 0.3) is 0 Å². The minimum Gasteiger partial charge on any atom is -0.398 e. The summed E-state index contributed by atoms with van der Waals surface area (Å²) < 4.78 is 0. The Morgan fingerprint density at radius 2 is 2.21 bits per heavy atom. The lowest BCUT2D eigenvalue weighted by Gasteiger charge is -2.18. The van der Waals surface area contributed by atoms with Crippen LogP contribution in [0.1, 0.15) is 28.8 Å². The van der Waals surface area contributed by atoms with Gasteiger partial charge in [0.05, 0.1) is 0 Å². The Hall–Kier alpha value is -1.39. The number of benzene rings is 1. The van der Waals surface area contributed by atoms with Gasteiger partial charge in [0, 0.05) is 37.3 Å². The van der Waals surface area contributed by atoms with Crippen molar-refractivity contribution in [3.63, 3.8) is 0 Å². The van der Waals surface area contributed by atoms with E-state index in [1.165, 1.54) is 0 Å². The van der Waals surface area contributed by atoms with E-state index in [1.54, 1.807) is 6.07 Å². The number of hydrogen-bond acceptors (Lipinski definition) is 4. The van der Waals surface area contributed by atoms with Gasteiger partial charge >= 0.3 is 0 Å². The summed E-state index contributed by atoms with van der Waals surface area (Å²) in [5.41, 5.74) is 8.30. The van der Waals surface area contributed by atoms with E-state index in [2.05, 4.69) is 10.2 Å². The number of nitrogen functional groups attached to an aromatic ring is 1. The van der Waals surface area contributed by atoms with Crippen molar-refractivity contribution < 1.29 is 4.79 Å². The molecule has 19 heavy (non-hydrogen) atoms. The molecule has 0 radical (unpaired) electrons. The van der Waals surface area contributed by atoms with E-state index in [1.807, 2.05) is 19.1 Å². The van der Waals surface area contributed by atoms with Crippen molar-refractivity contribution in [2.75, 3.05) is 38.5 Å². The highest BCUT2D eigenvalue weighted by Gasteiger charge is 2.12. The van der Waals surface area contributed by atoms with Gasteiger partial charge in [0.2, 0.25) is 0 Å². The molecule has 1 aromatic rings. The van der Waals surface area contributed by atoms with Gasteiger partial charge in [0.1, 0.15) is 0 Å². The molecular formula is C15H23N3O. The summed E-state index contributed by atoms with van der Waals surface area (Å²) in [6.45, 7) is 7.01. The van der Waals surface area contributed by atoms with Crippen LogP contribution in [0.4, 0.5) is 5.69 Å². The van der Waals surface area contributed by atoms with Crippen LogP contribution in [0.3, 0.4) is 0 Å². The molecule has 0 unspecified atom stereocenters. The summed E-state index contributed by atoms with van der Waals surface area (Å²) in [6.07, 6.45) is 1.73. The summed E-state index contributed by atoms with van der Waals surface area (Å²) in [4.78, 5) is 14.5. The second-order valence-corrected chi connectivity index (χ2v) is 5.19. The Balaban J connectivity index is 1.87. The van der Waals surface area contributed by atoms with Crippen LogP contribution in [0.5, 0.6) is 0 Å². The van der Waals surface area contributed by atoms with Crippen molar-refractivity contribution in [1.82, 2.24) is 10.2 Å². The molecule has 104 valence electrons. The standard InChI is InChI=1S/C15H23N3O/c1-12-3-4-13(11-14(12)16)15(19)5-9-18-8-2-6-17-7-10-18/h3-4,11,17H,2,5-10,16H2,1H3. The average Bonchev–Trinajstić information content (AvgIpc) is 2.67. The molecule has 0 atom stereocenters. The van der Waals surface area contributed by atoms with Crippen LogP contribution in [-0.4, -0.2) is 43.4 Å². The fourth-order valence-corrected chi connectivity index (χ4v) is 2.34. The van der Waals surface area contributed by atoms with Crippen LogP contribution >= 0.6 is 0 Å². The number of rotatable bonds is 4. The third-order valence-corrected chi connectivity index (χ3v) is 3.69. The van der Waals surface area contributed by atoms with Crippen molar-refractivity contribution in [1.29, 1.82) is 0 Å². The third-order valence-electron chi connectivity index (χ3n) is 3.69. The van der Waals surface area contributed by atoms with E-state index < -0.39 is 0 Å². The molecule has 1 saturated heterocycles. The van der Waals surface area contributed by atoms with E-state index in [4.69, 9.17) is 5.73 Å². The largest absolute Gasteiger partial charge is 0.398 e. The van der Waals surface area contributed by atoms with E-state index >= 15 is 0 Å². The Morgan fingerprint density at radius 3 is 3.00 bits per heavy atom. The first-order valence-corrected chi connectivity index (χ1v) is 6.99. The second-order valence-electron chi connectivity index (χ2n) is 5.19. The summed E-state index contributed by atoms with van der Waals surface area (Å²) in [6, 6.07) is 5.58. The molecule has 2 rings (SSSR count). The lowest BCUT2D eigenvalue weighted by molar-refractivity contribution is 0.0965. The number of hydrogen-bond donors (Lipinski definition) is 2. The molecular weight excluding hydrogens is 238 g/mol. The predicted molar refractivity (Wildman–Crippen MR) is 78.5 cm³/mol. The minimum absolute atomic E-state index is 0.184. The quantitative estimate of drug-likeness (QED) is 0.636. The van der Waals surface area contributed by atoms with E-state index in [9.17, 15) is 4.79 Å². The van der Waals surface area contributed by atoms with Crippen molar-refractivity contribution in [3.8, 4) is 0 Å². The third kappa shape index (κ3) is 4.04. The van der Waals surface area contributed by atoms with Gasteiger partial charge in [-0.25, -0.2) is 0 Å². The zero-order valence-electron chi connectivity index (χ0n) is 11.6. The number of carbonyl (C=O) groups excluding carboxylic acids is 1. The monoisotopic (exact) mass is 261 g/mol. The average molecular weight is 261 g/mol. The molecule has 0 amide bonds. The highest BCUT2D eigenvalue weighted by atomic mass is 16.1. The molecule has 0 spiro atoms. The Morgan fingerprint density at radius 1 is 1.37 bits per heavy atom. The number of nitrogens with zero attached hydrogens (tertiary/aromatic N) is 1. The number of anilines is 1. The second kappa shape index (κ2) is 6.68. The smallest absolute Gasteiger partial charge is 0.164 e. The van der Waals surface area contributed by atoms with E-state index in [0.717, 1.165) is 50.3 Å². The number of carbonyl (C=O) groups is 1. The maximum absolute atomic E-state index is 12.1. The topological polar surface area (TPSA) is 58.4 Å². The summed E-state index contributed by atoms with van der Waals surface area (Å²) in [5.74, 6) is 0.184. The summed E-state index contributed by atoms with van der Waals surface area (Å²) in [7, 11) is 0. The zero-order chi connectivity index (χ0) is 13.7. The molecule has 0 aliphatic carbocycles. The fraction of sp³-hybridized carbons (Fsp3) is 0.533. The number of nitrogens with one attached hydrogen (secondary N) is 1. The zero-order valence-corrected chi connectivity index (χ0v) is 11.6. The number of Topliss-reactive ketones (excluding diaryl/α,β-unsaturated/α-hetero) is 1. The predicted octanol–water partition coefficient (Wildman–Crippen LogP) is 1.45. The van der Waals surface area contributed by atoms with Gasteiger partial charge in [-0.3, -0.25) is 4.79 Å². The van der Waals surface area contributed by atoms with Gasteiger partial charge < -0.3 is 16.0 Å². The van der Waals surface area contributed by atoms with Gasteiger partial charge in [-0.1, -0.05) is 12.1 Å². The number of ketones is 1. The van der Waals surface area contributed by atoms with Crippen molar-refractivity contribution >= 4 is 11.5 Å². The van der Waals surface area contributed by atoms with Gasteiger partial charge in [0.25, 0.3) is 0 Å². The van der Waals surface area contributed by atoms with Gasteiger partial charge in [-0.15, -0.1) is 0 Å². The first-order valence-electron chi connectivity index (χ1n) is 6.99. The van der Waals surface area contributed by atoms with Crippen LogP contribution in [0.2, 0.25) is 0 Å². The molecule has 1 aromatic carbocycles. The first kappa shape index (κ1) is 14.0. The minimum atomic E-state index is 0.184. The van der Waals surface area contributed by atoms with Gasteiger partial charge in [0.15, 0.2) is 5.78 Å². The fourth-order valence-electron chi connectivity index (χ4n) is 2.34. The molecule has 1 aliphatic heterocycles. The van der Waals surface area contributed by atoms with Gasteiger partial charge in [-0.2, -0.15) is 0 Å². The molecule has 1 fully saturated rings. The Labute approximate surface area is 115 Å². The Kier molecular flexibility index (Phi) is 4.93. The van der Waals surface area contributed by atoms with E-state index in [-0.39, 0.29) is 5.78 Å². The van der Waals surface area contributed by atoms with E-state index in [0.29, 0.717) is 12.1 Å². The Bertz CT molecular complexity index is 437. The summed E-state index contributed by atoms with van der Waals surface area (Å²) in [5, 5.41) is 3.37. The first-order chi connectivity index (χ1) is 9.16. The summed E-state index contributed by atoms with van der Waals surface area (Å²) >= 11 is 0. The molecule has 4 nitrogen and oxygen atoms in total. The molecule has 1 heterocycles. The van der Waals surface area contributed by atoms with Crippen molar-refractivity contribution in [2.24, 2.45) is 0 Å². The molecule has 0 aromatic heterocycles. The highest BCUT2D eigenvalue weighted by Crippen LogP contribution is 2.14. The SMILES string of the molecule is Cc1ccc(C(=O)CCN2CCCNCC2)cc1N. The number of nitrogens with two attached hydrogens (primary N) is 1. The maximum atomic E-state index is 12.1. The highest BCUT2D eigenvalue weighted by molar-refractivity contribution is 5.97. The van der Waals surface area contributed by atoms with Crippen LogP contribution in [-0.2, 0) is 0 Å². The molecule has 0 bridgehead atoms. The lowest BCUT2D eigenvalue weighted by Crippen LogP contribution is -2.30. The maximum Gasteiger partial charge on any atom is 0.164 e.